The van der Waals surface area contributed by atoms with Gasteiger partial charge in [0.15, 0.2) is 0 Å². The molecule has 1 aliphatic carbocycles. The fourth-order valence-corrected chi connectivity index (χ4v) is 3.17. The number of alkyl halides is 2. The zero-order valence-corrected chi connectivity index (χ0v) is 11.7. The van der Waals surface area contributed by atoms with Gasteiger partial charge in [-0.3, -0.25) is 0 Å². The summed E-state index contributed by atoms with van der Waals surface area (Å²) in [4.78, 5) is 0. The second-order valence-electron chi connectivity index (χ2n) is 6.07. The summed E-state index contributed by atoms with van der Waals surface area (Å²) in [6, 6.07) is 8.30. The standard InChI is InChI=1S/C16H23F2N/c1-12-8-13(2)10-15(9-12)19-11-16(17,18)14-6-4-3-5-7-14/h3-7,12-13,15,19H,8-11H2,1-2H3. The van der Waals surface area contributed by atoms with Gasteiger partial charge >= 0.3 is 0 Å². The van der Waals surface area contributed by atoms with Gasteiger partial charge in [-0.2, -0.15) is 8.78 Å². The van der Waals surface area contributed by atoms with Gasteiger partial charge in [0.1, 0.15) is 0 Å². The van der Waals surface area contributed by atoms with E-state index in [1.807, 2.05) is 0 Å². The Kier molecular flexibility index (Phi) is 4.56. The maximum absolute atomic E-state index is 14.0. The molecule has 0 amide bonds. The summed E-state index contributed by atoms with van der Waals surface area (Å²) in [5, 5.41) is 3.07. The third-order valence-electron chi connectivity index (χ3n) is 3.99. The number of hydrogen-bond acceptors (Lipinski definition) is 1. The van der Waals surface area contributed by atoms with Crippen LogP contribution in [0, 0.1) is 11.8 Å². The van der Waals surface area contributed by atoms with E-state index in [0.717, 1.165) is 12.8 Å². The second kappa shape index (κ2) is 6.00. The van der Waals surface area contributed by atoms with Gasteiger partial charge in [-0.1, -0.05) is 44.2 Å². The van der Waals surface area contributed by atoms with E-state index in [2.05, 4.69) is 19.2 Å². The van der Waals surface area contributed by atoms with E-state index >= 15 is 0 Å². The molecule has 106 valence electrons. The fourth-order valence-electron chi connectivity index (χ4n) is 3.17. The van der Waals surface area contributed by atoms with Crippen LogP contribution >= 0.6 is 0 Å². The summed E-state index contributed by atoms with van der Waals surface area (Å²) in [7, 11) is 0. The third kappa shape index (κ3) is 4.00. The molecular formula is C16H23F2N. The summed E-state index contributed by atoms with van der Waals surface area (Å²) in [5.41, 5.74) is 0.0967. The lowest BCUT2D eigenvalue weighted by Gasteiger charge is -2.33. The zero-order chi connectivity index (χ0) is 13.9. The SMILES string of the molecule is CC1CC(C)CC(NCC(F)(F)c2ccccc2)C1. The summed E-state index contributed by atoms with van der Waals surface area (Å²) < 4.78 is 28.1. The number of rotatable bonds is 4. The lowest BCUT2D eigenvalue weighted by molar-refractivity contribution is -0.00825. The molecule has 0 spiro atoms. The highest BCUT2D eigenvalue weighted by molar-refractivity contribution is 5.20. The summed E-state index contributed by atoms with van der Waals surface area (Å²) >= 11 is 0. The quantitative estimate of drug-likeness (QED) is 0.862. The fraction of sp³-hybridized carbons (Fsp3) is 0.625. The van der Waals surface area contributed by atoms with Crippen LogP contribution < -0.4 is 5.32 Å². The Balaban J connectivity index is 1.91. The molecule has 19 heavy (non-hydrogen) atoms. The van der Waals surface area contributed by atoms with Gasteiger partial charge in [-0.25, -0.2) is 0 Å². The van der Waals surface area contributed by atoms with E-state index in [4.69, 9.17) is 0 Å². The number of nitrogens with one attached hydrogen (secondary N) is 1. The molecule has 1 saturated carbocycles. The number of halogens is 2. The molecule has 0 saturated heterocycles. The van der Waals surface area contributed by atoms with Crippen LogP contribution in [-0.4, -0.2) is 12.6 Å². The predicted molar refractivity (Wildman–Crippen MR) is 74.3 cm³/mol. The first-order valence-corrected chi connectivity index (χ1v) is 7.14. The Morgan fingerprint density at radius 3 is 2.21 bits per heavy atom. The summed E-state index contributed by atoms with van der Waals surface area (Å²) in [6.07, 6.45) is 3.23. The first-order chi connectivity index (χ1) is 8.97. The Morgan fingerprint density at radius 1 is 1.05 bits per heavy atom. The average molecular weight is 267 g/mol. The van der Waals surface area contributed by atoms with Gasteiger partial charge < -0.3 is 5.32 Å². The van der Waals surface area contributed by atoms with Gasteiger partial charge in [-0.05, 0) is 31.1 Å². The Bertz CT molecular complexity index is 381. The molecule has 0 bridgehead atoms. The maximum Gasteiger partial charge on any atom is 0.285 e. The van der Waals surface area contributed by atoms with Crippen molar-refractivity contribution < 1.29 is 8.78 Å². The largest absolute Gasteiger partial charge is 0.308 e. The van der Waals surface area contributed by atoms with Crippen LogP contribution in [0.25, 0.3) is 0 Å². The van der Waals surface area contributed by atoms with Crippen LogP contribution in [0.4, 0.5) is 8.78 Å². The van der Waals surface area contributed by atoms with E-state index in [1.165, 1.54) is 18.6 Å². The molecule has 0 aromatic heterocycles. The van der Waals surface area contributed by atoms with Crippen molar-refractivity contribution in [3.8, 4) is 0 Å². The molecule has 2 rings (SSSR count). The van der Waals surface area contributed by atoms with Crippen molar-refractivity contribution in [1.29, 1.82) is 0 Å². The highest BCUT2D eigenvalue weighted by Gasteiger charge is 2.33. The molecule has 1 nitrogen and oxygen atoms in total. The van der Waals surface area contributed by atoms with Crippen molar-refractivity contribution in [3.63, 3.8) is 0 Å². The highest BCUT2D eigenvalue weighted by Crippen LogP contribution is 2.31. The van der Waals surface area contributed by atoms with E-state index < -0.39 is 5.92 Å². The monoisotopic (exact) mass is 267 g/mol. The lowest BCUT2D eigenvalue weighted by Crippen LogP contribution is -2.41. The molecule has 2 unspecified atom stereocenters. The minimum Gasteiger partial charge on any atom is -0.308 e. The van der Waals surface area contributed by atoms with Crippen molar-refractivity contribution >= 4 is 0 Å². The minimum atomic E-state index is -2.79. The molecule has 0 radical (unpaired) electrons. The first-order valence-electron chi connectivity index (χ1n) is 7.14. The Hall–Kier alpha value is -0.960. The van der Waals surface area contributed by atoms with Crippen LogP contribution in [0.15, 0.2) is 30.3 Å². The lowest BCUT2D eigenvalue weighted by atomic mass is 9.80. The molecule has 1 fully saturated rings. The topological polar surface area (TPSA) is 12.0 Å². The van der Waals surface area contributed by atoms with E-state index in [0.29, 0.717) is 11.8 Å². The maximum atomic E-state index is 14.0. The third-order valence-corrected chi connectivity index (χ3v) is 3.99. The van der Waals surface area contributed by atoms with E-state index in [1.54, 1.807) is 18.2 Å². The first kappa shape index (κ1) is 14.4. The van der Waals surface area contributed by atoms with Crippen molar-refractivity contribution in [3.05, 3.63) is 35.9 Å². The average Bonchev–Trinajstić information content (AvgIpc) is 2.37. The molecule has 1 aromatic rings. The van der Waals surface area contributed by atoms with Gasteiger partial charge in [-0.15, -0.1) is 0 Å². The minimum absolute atomic E-state index is 0.0967. The molecule has 0 heterocycles. The van der Waals surface area contributed by atoms with Crippen molar-refractivity contribution in [2.75, 3.05) is 6.54 Å². The van der Waals surface area contributed by atoms with Gasteiger partial charge in [0, 0.05) is 11.6 Å². The van der Waals surface area contributed by atoms with Crippen LogP contribution in [-0.2, 0) is 5.92 Å². The van der Waals surface area contributed by atoms with Crippen LogP contribution in [0.3, 0.4) is 0 Å². The molecule has 1 aromatic carbocycles. The summed E-state index contributed by atoms with van der Waals surface area (Å²) in [6.45, 7) is 4.15. The van der Waals surface area contributed by atoms with Gasteiger partial charge in [0.05, 0.1) is 6.54 Å². The molecular weight excluding hydrogens is 244 g/mol. The molecule has 0 aliphatic heterocycles. The van der Waals surface area contributed by atoms with E-state index in [9.17, 15) is 8.78 Å². The molecule has 2 atom stereocenters. The van der Waals surface area contributed by atoms with E-state index in [-0.39, 0.29) is 18.2 Å². The van der Waals surface area contributed by atoms with Crippen LogP contribution in [0.2, 0.25) is 0 Å². The Morgan fingerprint density at radius 2 is 1.63 bits per heavy atom. The van der Waals surface area contributed by atoms with Crippen molar-refractivity contribution in [1.82, 2.24) is 5.32 Å². The molecule has 3 heteroatoms. The zero-order valence-electron chi connectivity index (χ0n) is 11.7. The molecule has 1 aliphatic rings. The Labute approximate surface area is 114 Å². The predicted octanol–water partition coefficient (Wildman–Crippen LogP) is 4.19. The highest BCUT2D eigenvalue weighted by atomic mass is 19.3. The normalized spacial score (nSPS) is 28.3. The number of benzene rings is 1. The van der Waals surface area contributed by atoms with Gasteiger partial charge in [0.25, 0.3) is 5.92 Å². The van der Waals surface area contributed by atoms with Crippen LogP contribution in [0.5, 0.6) is 0 Å². The molecule has 1 N–H and O–H groups in total. The van der Waals surface area contributed by atoms with Crippen LogP contribution in [0.1, 0.15) is 38.7 Å². The van der Waals surface area contributed by atoms with Crippen molar-refractivity contribution in [2.24, 2.45) is 11.8 Å². The smallest absolute Gasteiger partial charge is 0.285 e. The number of hydrogen-bond donors (Lipinski definition) is 1. The van der Waals surface area contributed by atoms with Gasteiger partial charge in [0.2, 0.25) is 0 Å². The van der Waals surface area contributed by atoms with Crippen molar-refractivity contribution in [2.45, 2.75) is 45.1 Å². The summed E-state index contributed by atoms with van der Waals surface area (Å²) in [5.74, 6) is -1.52. The second-order valence-corrected chi connectivity index (χ2v) is 6.07.